The molecule has 2 fully saturated rings. The lowest BCUT2D eigenvalue weighted by Gasteiger charge is -2.34. The van der Waals surface area contributed by atoms with E-state index in [1.54, 1.807) is 0 Å². The van der Waals surface area contributed by atoms with Gasteiger partial charge in [0.25, 0.3) is 5.91 Å². The van der Waals surface area contributed by atoms with Gasteiger partial charge < -0.3 is 15.4 Å². The van der Waals surface area contributed by atoms with Crippen LogP contribution in [0.4, 0.5) is 4.79 Å². The predicted octanol–water partition coefficient (Wildman–Crippen LogP) is 2.69. The summed E-state index contributed by atoms with van der Waals surface area (Å²) < 4.78 is 5.69. The van der Waals surface area contributed by atoms with Gasteiger partial charge in [0.1, 0.15) is 24.4 Å². The molecule has 1 saturated carbocycles. The van der Waals surface area contributed by atoms with Gasteiger partial charge in [-0.2, -0.15) is 0 Å². The van der Waals surface area contributed by atoms with Gasteiger partial charge in [-0.3, -0.25) is 14.5 Å². The quantitative estimate of drug-likeness (QED) is 0.543. The zero-order chi connectivity index (χ0) is 21.0. The van der Waals surface area contributed by atoms with E-state index < -0.39 is 11.6 Å². The van der Waals surface area contributed by atoms with Crippen molar-refractivity contribution in [1.29, 1.82) is 0 Å². The monoisotopic (exact) mass is 401 g/mol. The van der Waals surface area contributed by atoms with Gasteiger partial charge in [0.15, 0.2) is 0 Å². The lowest BCUT2D eigenvalue weighted by atomic mass is 9.75. The van der Waals surface area contributed by atoms with Gasteiger partial charge in [-0.1, -0.05) is 31.0 Å². The molecule has 158 valence electrons. The van der Waals surface area contributed by atoms with E-state index >= 15 is 0 Å². The number of amides is 4. The molecule has 1 aliphatic carbocycles. The molecule has 0 atom stereocenters. The standard InChI is InChI=1S/C22H31N3O4/c1-4-17-7-9-22(10-8-17)20(27)25(21(28)24-22)14-19(26)23-11-12-29-18-6-5-15(2)13-16(18)3/h5-6,13,17H,4,7-12,14H2,1-3H3,(H,23,26)(H,24,28). The van der Waals surface area contributed by atoms with E-state index in [-0.39, 0.29) is 18.4 Å². The highest BCUT2D eigenvalue weighted by molar-refractivity contribution is 6.09. The van der Waals surface area contributed by atoms with Gasteiger partial charge in [-0.05, 0) is 57.1 Å². The van der Waals surface area contributed by atoms with Gasteiger partial charge in [0, 0.05) is 0 Å². The molecule has 29 heavy (non-hydrogen) atoms. The summed E-state index contributed by atoms with van der Waals surface area (Å²) in [5.74, 6) is 0.763. The van der Waals surface area contributed by atoms with Crippen molar-refractivity contribution in [2.45, 2.75) is 58.4 Å². The third-order valence-electron chi connectivity index (χ3n) is 6.10. The molecule has 0 bridgehead atoms. The van der Waals surface area contributed by atoms with Crippen LogP contribution in [0.5, 0.6) is 5.75 Å². The van der Waals surface area contributed by atoms with Crippen molar-refractivity contribution in [3.8, 4) is 5.75 Å². The first-order valence-corrected chi connectivity index (χ1v) is 10.5. The molecule has 3 rings (SSSR count). The van der Waals surface area contributed by atoms with Crippen molar-refractivity contribution in [3.05, 3.63) is 29.3 Å². The normalized spacial score (nSPS) is 24.0. The average Bonchev–Trinajstić information content (AvgIpc) is 2.91. The molecular weight excluding hydrogens is 370 g/mol. The summed E-state index contributed by atoms with van der Waals surface area (Å²) in [5.41, 5.74) is 1.39. The number of imide groups is 1. The summed E-state index contributed by atoms with van der Waals surface area (Å²) in [6.45, 7) is 6.51. The lowest BCUT2D eigenvalue weighted by molar-refractivity contribution is -0.136. The minimum atomic E-state index is -0.810. The van der Waals surface area contributed by atoms with E-state index in [1.165, 1.54) is 0 Å². The van der Waals surface area contributed by atoms with Crippen molar-refractivity contribution in [1.82, 2.24) is 15.5 Å². The summed E-state index contributed by atoms with van der Waals surface area (Å²) in [5, 5.41) is 5.57. The Morgan fingerprint density at radius 3 is 2.66 bits per heavy atom. The van der Waals surface area contributed by atoms with Crippen molar-refractivity contribution < 1.29 is 19.1 Å². The molecule has 1 aliphatic heterocycles. The Bertz CT molecular complexity index is 784. The number of rotatable bonds is 7. The lowest BCUT2D eigenvalue weighted by Crippen LogP contribution is -2.50. The summed E-state index contributed by atoms with van der Waals surface area (Å²) >= 11 is 0. The molecule has 0 aromatic heterocycles. The topological polar surface area (TPSA) is 87.7 Å². The molecule has 0 radical (unpaired) electrons. The maximum atomic E-state index is 12.8. The molecule has 2 aliphatic rings. The smallest absolute Gasteiger partial charge is 0.325 e. The number of hydrogen-bond acceptors (Lipinski definition) is 4. The molecule has 0 unspecified atom stereocenters. The van der Waals surface area contributed by atoms with Crippen LogP contribution >= 0.6 is 0 Å². The number of benzene rings is 1. The van der Waals surface area contributed by atoms with Crippen LogP contribution < -0.4 is 15.4 Å². The Morgan fingerprint density at radius 1 is 1.28 bits per heavy atom. The van der Waals surface area contributed by atoms with Crippen LogP contribution in [0.25, 0.3) is 0 Å². The van der Waals surface area contributed by atoms with E-state index in [1.807, 2.05) is 32.0 Å². The maximum Gasteiger partial charge on any atom is 0.325 e. The van der Waals surface area contributed by atoms with E-state index in [0.29, 0.717) is 31.9 Å². The van der Waals surface area contributed by atoms with Crippen molar-refractivity contribution in [2.75, 3.05) is 19.7 Å². The first-order chi connectivity index (χ1) is 13.8. The van der Waals surface area contributed by atoms with Gasteiger partial charge in [-0.15, -0.1) is 0 Å². The second kappa shape index (κ2) is 8.84. The number of hydrogen-bond donors (Lipinski definition) is 2. The number of urea groups is 1. The number of ether oxygens (including phenoxy) is 1. The number of nitrogens with one attached hydrogen (secondary N) is 2. The highest BCUT2D eigenvalue weighted by atomic mass is 16.5. The molecule has 1 aromatic carbocycles. The summed E-state index contributed by atoms with van der Waals surface area (Å²) in [6.07, 6.45) is 4.25. The summed E-state index contributed by atoms with van der Waals surface area (Å²) in [6, 6.07) is 5.45. The molecule has 4 amide bonds. The first-order valence-electron chi connectivity index (χ1n) is 10.5. The minimum absolute atomic E-state index is 0.257. The molecule has 7 heteroatoms. The maximum absolute atomic E-state index is 12.8. The fourth-order valence-electron chi connectivity index (χ4n) is 4.25. The van der Waals surface area contributed by atoms with Crippen LogP contribution in [0.3, 0.4) is 0 Å². The van der Waals surface area contributed by atoms with E-state index in [4.69, 9.17) is 4.74 Å². The summed E-state index contributed by atoms with van der Waals surface area (Å²) in [4.78, 5) is 38.4. The Labute approximate surface area is 172 Å². The van der Waals surface area contributed by atoms with Crippen LogP contribution in [0.2, 0.25) is 0 Å². The molecule has 1 saturated heterocycles. The zero-order valence-electron chi connectivity index (χ0n) is 17.5. The minimum Gasteiger partial charge on any atom is -0.491 e. The second-order valence-corrected chi connectivity index (χ2v) is 8.22. The third-order valence-corrected chi connectivity index (χ3v) is 6.10. The molecule has 1 spiro atoms. The van der Waals surface area contributed by atoms with Crippen molar-refractivity contribution >= 4 is 17.8 Å². The first kappa shape index (κ1) is 21.1. The third kappa shape index (κ3) is 4.71. The summed E-state index contributed by atoms with van der Waals surface area (Å²) in [7, 11) is 0. The highest BCUT2D eigenvalue weighted by Gasteiger charge is 2.52. The average molecular weight is 402 g/mol. The highest BCUT2D eigenvalue weighted by Crippen LogP contribution is 2.37. The fourth-order valence-corrected chi connectivity index (χ4v) is 4.25. The Balaban J connectivity index is 1.45. The van der Waals surface area contributed by atoms with Crippen LogP contribution in [0.15, 0.2) is 18.2 Å². The molecular formula is C22H31N3O4. The van der Waals surface area contributed by atoms with Crippen molar-refractivity contribution in [2.24, 2.45) is 5.92 Å². The van der Waals surface area contributed by atoms with Gasteiger partial charge >= 0.3 is 6.03 Å². The Hall–Kier alpha value is -2.57. The number of carbonyl (C=O) groups excluding carboxylic acids is 3. The Kier molecular flexibility index (Phi) is 6.45. The number of carbonyl (C=O) groups is 3. The largest absolute Gasteiger partial charge is 0.491 e. The molecule has 2 N–H and O–H groups in total. The van der Waals surface area contributed by atoms with Crippen LogP contribution in [0.1, 0.15) is 50.2 Å². The number of aryl methyl sites for hydroxylation is 2. The molecule has 1 heterocycles. The second-order valence-electron chi connectivity index (χ2n) is 8.22. The zero-order valence-corrected chi connectivity index (χ0v) is 17.5. The van der Waals surface area contributed by atoms with E-state index in [2.05, 4.69) is 17.6 Å². The number of nitrogens with zero attached hydrogens (tertiary/aromatic N) is 1. The van der Waals surface area contributed by atoms with Crippen LogP contribution in [0, 0.1) is 19.8 Å². The van der Waals surface area contributed by atoms with Crippen LogP contribution in [-0.4, -0.2) is 48.0 Å². The predicted molar refractivity (Wildman–Crippen MR) is 110 cm³/mol. The van der Waals surface area contributed by atoms with Gasteiger partial charge in [0.2, 0.25) is 5.91 Å². The Morgan fingerprint density at radius 2 is 2.00 bits per heavy atom. The fraction of sp³-hybridized carbons (Fsp3) is 0.591. The van der Waals surface area contributed by atoms with Crippen molar-refractivity contribution in [3.63, 3.8) is 0 Å². The van der Waals surface area contributed by atoms with Gasteiger partial charge in [-0.25, -0.2) is 4.79 Å². The van der Waals surface area contributed by atoms with E-state index in [0.717, 1.165) is 41.0 Å². The van der Waals surface area contributed by atoms with Crippen LogP contribution in [-0.2, 0) is 9.59 Å². The van der Waals surface area contributed by atoms with E-state index in [9.17, 15) is 14.4 Å². The SMILES string of the molecule is CCC1CCC2(CC1)NC(=O)N(CC(=O)NCCOc1ccc(C)cc1C)C2=O. The molecule has 1 aromatic rings. The molecule has 7 nitrogen and oxygen atoms in total. The van der Waals surface area contributed by atoms with Gasteiger partial charge in [0.05, 0.1) is 6.54 Å².